The van der Waals surface area contributed by atoms with Crippen LogP contribution >= 0.6 is 0 Å². The quantitative estimate of drug-likeness (QED) is 0.388. The highest BCUT2D eigenvalue weighted by atomic mass is 16.5. The fourth-order valence-corrected chi connectivity index (χ4v) is 5.64. The molecule has 2 aromatic carbocycles. The van der Waals surface area contributed by atoms with Crippen molar-refractivity contribution >= 4 is 28.9 Å². The molecule has 0 aliphatic carbocycles. The van der Waals surface area contributed by atoms with Crippen molar-refractivity contribution in [1.82, 2.24) is 4.90 Å². The number of carbonyl (C=O) groups is 3. The zero-order chi connectivity index (χ0) is 23.3. The van der Waals surface area contributed by atoms with E-state index < -0.39 is 17.9 Å². The highest BCUT2D eigenvalue weighted by Crippen LogP contribution is 2.50. The Kier molecular flexibility index (Phi) is 5.41. The molecule has 170 valence electrons. The Morgan fingerprint density at radius 3 is 2.39 bits per heavy atom. The number of hydrogen-bond donors (Lipinski definition) is 0. The van der Waals surface area contributed by atoms with E-state index in [1.807, 2.05) is 67.3 Å². The lowest BCUT2D eigenvalue weighted by atomic mass is 9.85. The lowest BCUT2D eigenvalue weighted by Crippen LogP contribution is -2.49. The molecule has 0 bridgehead atoms. The van der Waals surface area contributed by atoms with Gasteiger partial charge in [-0.2, -0.15) is 0 Å². The van der Waals surface area contributed by atoms with Gasteiger partial charge in [0.05, 0.1) is 17.9 Å². The number of Topliss-reactive ketones (excluding diaryl/α,β-unsaturated/α-hetero) is 1. The van der Waals surface area contributed by atoms with Gasteiger partial charge in [-0.05, 0) is 31.9 Å². The van der Waals surface area contributed by atoms with Crippen LogP contribution in [0.15, 0.2) is 54.6 Å². The summed E-state index contributed by atoms with van der Waals surface area (Å²) >= 11 is 0. The van der Waals surface area contributed by atoms with Crippen LogP contribution in [-0.2, 0) is 14.3 Å². The van der Waals surface area contributed by atoms with Gasteiger partial charge >= 0.3 is 0 Å². The zero-order valence-electron chi connectivity index (χ0n) is 19.2. The summed E-state index contributed by atoms with van der Waals surface area (Å²) in [7, 11) is 1.60. The number of amides is 2. The molecule has 5 rings (SSSR count). The minimum absolute atomic E-state index is 0.116. The highest BCUT2D eigenvalue weighted by Gasteiger charge is 2.64. The van der Waals surface area contributed by atoms with E-state index in [1.54, 1.807) is 7.11 Å². The lowest BCUT2D eigenvalue weighted by Gasteiger charge is -2.38. The number of fused-ring (bicyclic) bond motifs is 5. The Labute approximate surface area is 193 Å². The molecular formula is C27H28N2O4. The number of ether oxygens (including phenoxy) is 1. The van der Waals surface area contributed by atoms with Crippen LogP contribution in [0.5, 0.6) is 0 Å². The summed E-state index contributed by atoms with van der Waals surface area (Å²) in [4.78, 5) is 44.4. The average molecular weight is 445 g/mol. The summed E-state index contributed by atoms with van der Waals surface area (Å²) in [5, 5.41) is 0. The number of rotatable bonds is 6. The largest absolute Gasteiger partial charge is 0.385 e. The van der Waals surface area contributed by atoms with Crippen molar-refractivity contribution < 1.29 is 19.1 Å². The van der Waals surface area contributed by atoms with Crippen molar-refractivity contribution in [3.8, 4) is 0 Å². The van der Waals surface area contributed by atoms with Gasteiger partial charge in [-0.15, -0.1) is 0 Å². The zero-order valence-corrected chi connectivity index (χ0v) is 19.2. The molecule has 2 aromatic rings. The van der Waals surface area contributed by atoms with Gasteiger partial charge in [0.25, 0.3) is 0 Å². The van der Waals surface area contributed by atoms with Gasteiger partial charge < -0.3 is 9.64 Å². The van der Waals surface area contributed by atoms with Gasteiger partial charge in [-0.3, -0.25) is 19.3 Å². The molecule has 0 aromatic heterocycles. The number of ketones is 1. The number of nitrogens with zero attached hydrogens (tertiary/aromatic N) is 2. The summed E-state index contributed by atoms with van der Waals surface area (Å²) in [5.74, 6) is -1.81. The summed E-state index contributed by atoms with van der Waals surface area (Å²) in [5.41, 5.74) is 4.63. The number of allylic oxidation sites excluding steroid dienone is 1. The van der Waals surface area contributed by atoms with Gasteiger partial charge in [0.1, 0.15) is 6.04 Å². The van der Waals surface area contributed by atoms with Crippen LogP contribution in [0.1, 0.15) is 34.8 Å². The van der Waals surface area contributed by atoms with Gasteiger partial charge in [-0.1, -0.05) is 54.1 Å². The van der Waals surface area contributed by atoms with Crippen LogP contribution in [0.4, 0.5) is 5.69 Å². The van der Waals surface area contributed by atoms with Crippen LogP contribution < -0.4 is 4.90 Å². The van der Waals surface area contributed by atoms with E-state index in [2.05, 4.69) is 6.08 Å². The normalized spacial score (nSPS) is 25.6. The number of hydrogen-bond acceptors (Lipinski definition) is 5. The maximum Gasteiger partial charge on any atom is 0.235 e. The van der Waals surface area contributed by atoms with E-state index in [4.69, 9.17) is 4.74 Å². The molecule has 4 atom stereocenters. The van der Waals surface area contributed by atoms with Gasteiger partial charge in [0.2, 0.25) is 11.8 Å². The Balaban J connectivity index is 1.61. The average Bonchev–Trinajstić information content (AvgIpc) is 3.28. The first-order valence-electron chi connectivity index (χ1n) is 11.4. The second kappa shape index (κ2) is 8.27. The molecule has 3 heterocycles. The number of carbonyl (C=O) groups excluding carboxylic acids is 3. The summed E-state index contributed by atoms with van der Waals surface area (Å²) in [6.45, 7) is 4.79. The number of likely N-dealkylation sites (tertiary alicyclic amines) is 1. The fourth-order valence-electron chi connectivity index (χ4n) is 5.64. The molecule has 2 amide bonds. The van der Waals surface area contributed by atoms with Crippen molar-refractivity contribution in [2.45, 2.75) is 32.4 Å². The molecule has 3 aliphatic heterocycles. The topological polar surface area (TPSA) is 66.9 Å². The molecule has 2 saturated heterocycles. The van der Waals surface area contributed by atoms with Crippen LogP contribution in [0.2, 0.25) is 0 Å². The van der Waals surface area contributed by atoms with Crippen LogP contribution in [0, 0.1) is 18.8 Å². The molecule has 0 N–H and O–H groups in total. The van der Waals surface area contributed by atoms with Crippen LogP contribution in [0.3, 0.4) is 0 Å². The Morgan fingerprint density at radius 1 is 0.970 bits per heavy atom. The Morgan fingerprint density at radius 2 is 1.67 bits per heavy atom. The number of aryl methyl sites for hydroxylation is 1. The minimum Gasteiger partial charge on any atom is -0.385 e. The monoisotopic (exact) mass is 444 g/mol. The fraction of sp³-hybridized carbons (Fsp3) is 0.370. The predicted octanol–water partition coefficient (Wildman–Crippen LogP) is 3.49. The Bertz CT molecular complexity index is 1150. The second-order valence-corrected chi connectivity index (χ2v) is 9.17. The summed E-state index contributed by atoms with van der Waals surface area (Å²) in [6.07, 6.45) is 2.64. The standard InChI is InChI=1S/C27H28N2O4/c1-16-9-11-18(12-10-16)25(30)24-23-22(26(31)28(27(23)32)13-6-14-33-3)21-15-17(2)19-7-4-5-8-20(19)29(21)24/h4-5,7-12,15,21-24H,6,13-14H2,1-3H3/t21-,22+,23-,24-/m1/s1. The van der Waals surface area contributed by atoms with E-state index in [9.17, 15) is 14.4 Å². The van der Waals surface area contributed by atoms with E-state index in [0.717, 1.165) is 22.4 Å². The van der Waals surface area contributed by atoms with E-state index in [1.165, 1.54) is 4.90 Å². The van der Waals surface area contributed by atoms with Crippen molar-refractivity contribution in [1.29, 1.82) is 0 Å². The molecule has 0 unspecified atom stereocenters. The first kappa shape index (κ1) is 21.6. The maximum absolute atomic E-state index is 13.9. The van der Waals surface area contributed by atoms with Crippen molar-refractivity contribution in [2.75, 3.05) is 25.2 Å². The number of benzene rings is 2. The predicted molar refractivity (Wildman–Crippen MR) is 126 cm³/mol. The third-order valence-corrected chi connectivity index (χ3v) is 7.18. The van der Waals surface area contributed by atoms with Crippen molar-refractivity contribution in [3.63, 3.8) is 0 Å². The lowest BCUT2D eigenvalue weighted by molar-refractivity contribution is -0.140. The molecule has 2 fully saturated rings. The second-order valence-electron chi connectivity index (χ2n) is 9.17. The van der Waals surface area contributed by atoms with E-state index >= 15 is 0 Å². The summed E-state index contributed by atoms with van der Waals surface area (Å²) in [6, 6.07) is 14.3. The molecule has 6 nitrogen and oxygen atoms in total. The Hall–Kier alpha value is -3.25. The van der Waals surface area contributed by atoms with Gasteiger partial charge in [-0.25, -0.2) is 0 Å². The molecular weight excluding hydrogens is 416 g/mol. The molecule has 0 radical (unpaired) electrons. The number of anilines is 1. The van der Waals surface area contributed by atoms with Gasteiger partial charge in [0, 0.05) is 37.1 Å². The van der Waals surface area contributed by atoms with Crippen LogP contribution in [0.25, 0.3) is 5.57 Å². The third kappa shape index (κ3) is 3.32. The molecule has 33 heavy (non-hydrogen) atoms. The van der Waals surface area contributed by atoms with Crippen molar-refractivity contribution in [3.05, 3.63) is 71.3 Å². The molecule has 6 heteroatoms. The van der Waals surface area contributed by atoms with Gasteiger partial charge in [0.15, 0.2) is 5.78 Å². The minimum atomic E-state index is -0.725. The highest BCUT2D eigenvalue weighted by molar-refractivity contribution is 6.14. The van der Waals surface area contributed by atoms with Crippen LogP contribution in [-0.4, -0.2) is 54.8 Å². The molecule has 3 aliphatic rings. The third-order valence-electron chi connectivity index (χ3n) is 7.18. The smallest absolute Gasteiger partial charge is 0.235 e. The first-order chi connectivity index (χ1) is 15.9. The summed E-state index contributed by atoms with van der Waals surface area (Å²) < 4.78 is 5.11. The number of para-hydroxylation sites is 1. The van der Waals surface area contributed by atoms with E-state index in [-0.39, 0.29) is 23.6 Å². The number of imide groups is 1. The first-order valence-corrected chi connectivity index (χ1v) is 11.4. The SMILES string of the molecule is COCCCN1C(=O)[C@@H]2[C@@H](C1=O)[C@H](C(=O)c1ccc(C)cc1)N1c3ccccc3C(C)=C[C@H]21. The number of methoxy groups -OCH3 is 1. The van der Waals surface area contributed by atoms with Crippen molar-refractivity contribution in [2.24, 2.45) is 11.8 Å². The molecule has 0 saturated carbocycles. The van der Waals surface area contributed by atoms with E-state index in [0.29, 0.717) is 25.1 Å². The maximum atomic E-state index is 13.9. The molecule has 0 spiro atoms.